The van der Waals surface area contributed by atoms with Gasteiger partial charge in [0.1, 0.15) is 0 Å². The van der Waals surface area contributed by atoms with E-state index < -0.39 is 0 Å². The molecular formula is C25H23BrN2O. The highest BCUT2D eigenvalue weighted by Crippen LogP contribution is 2.50. The number of aromatic nitrogens is 1. The van der Waals surface area contributed by atoms with E-state index in [-0.39, 0.29) is 12.1 Å². The normalized spacial score (nSPS) is 23.6. The summed E-state index contributed by atoms with van der Waals surface area (Å²) in [7, 11) is 2.16. The van der Waals surface area contributed by atoms with Crippen molar-refractivity contribution < 1.29 is 4.74 Å². The first kappa shape index (κ1) is 17.5. The van der Waals surface area contributed by atoms with Crippen molar-refractivity contribution in [3.63, 3.8) is 0 Å². The number of ether oxygens (including phenoxy) is 1. The highest BCUT2D eigenvalue weighted by Gasteiger charge is 2.40. The Balaban J connectivity index is 1.51. The molecule has 0 radical (unpaired) electrons. The molecule has 6 rings (SSSR count). The van der Waals surface area contributed by atoms with Crippen LogP contribution < -0.4 is 5.32 Å². The van der Waals surface area contributed by atoms with E-state index in [1.807, 2.05) is 0 Å². The third kappa shape index (κ3) is 2.66. The van der Waals surface area contributed by atoms with E-state index in [1.165, 1.54) is 45.0 Å². The van der Waals surface area contributed by atoms with Crippen LogP contribution in [0.5, 0.6) is 0 Å². The standard InChI is InChI=1S/C25H23BrN2O/c1-28-22-7-3-2-5-17(22)19-13-15(8-11-23(19)28)24-18-6-4-12-29-25(18)20-14-16(26)9-10-21(20)27-24/h2-3,5,7-11,13-14,18,24-25,27H,4,6,12H2,1H3/t18-,24-,25-/m1/s1. The van der Waals surface area contributed by atoms with Crippen molar-refractivity contribution in [3.05, 3.63) is 76.3 Å². The number of halogens is 1. The van der Waals surface area contributed by atoms with Gasteiger partial charge < -0.3 is 14.6 Å². The van der Waals surface area contributed by atoms with Crippen LogP contribution in [0.4, 0.5) is 5.69 Å². The van der Waals surface area contributed by atoms with Crippen molar-refractivity contribution in [2.75, 3.05) is 11.9 Å². The molecule has 0 saturated carbocycles. The first-order valence-electron chi connectivity index (χ1n) is 10.4. The predicted octanol–water partition coefficient (Wildman–Crippen LogP) is 6.73. The highest BCUT2D eigenvalue weighted by molar-refractivity contribution is 9.10. The number of aryl methyl sites for hydroxylation is 1. The molecule has 0 aliphatic carbocycles. The zero-order valence-corrected chi connectivity index (χ0v) is 17.9. The molecule has 0 unspecified atom stereocenters. The van der Waals surface area contributed by atoms with Crippen LogP contribution in [0, 0.1) is 5.92 Å². The molecular weight excluding hydrogens is 424 g/mol. The lowest BCUT2D eigenvalue weighted by Gasteiger charge is -2.43. The van der Waals surface area contributed by atoms with Gasteiger partial charge in [-0.05, 0) is 54.8 Å². The van der Waals surface area contributed by atoms with Crippen molar-refractivity contribution in [3.8, 4) is 0 Å². The number of nitrogens with zero attached hydrogens (tertiary/aromatic N) is 1. The van der Waals surface area contributed by atoms with Gasteiger partial charge in [-0.25, -0.2) is 0 Å². The third-order valence-corrected chi connectivity index (χ3v) is 7.22. The first-order chi connectivity index (χ1) is 14.2. The summed E-state index contributed by atoms with van der Waals surface area (Å²) in [6.45, 7) is 0.849. The smallest absolute Gasteiger partial charge is 0.0896 e. The quantitative estimate of drug-likeness (QED) is 0.350. The Labute approximate surface area is 178 Å². The first-order valence-corrected chi connectivity index (χ1v) is 11.1. The largest absolute Gasteiger partial charge is 0.378 e. The van der Waals surface area contributed by atoms with Gasteiger partial charge in [0.05, 0.1) is 12.1 Å². The maximum Gasteiger partial charge on any atom is 0.0896 e. The van der Waals surface area contributed by atoms with Crippen LogP contribution >= 0.6 is 15.9 Å². The summed E-state index contributed by atoms with van der Waals surface area (Å²) in [6.07, 6.45) is 2.46. The third-order valence-electron chi connectivity index (χ3n) is 6.72. The fourth-order valence-corrected chi connectivity index (χ4v) is 5.73. The van der Waals surface area contributed by atoms with Gasteiger partial charge in [-0.2, -0.15) is 0 Å². The lowest BCUT2D eigenvalue weighted by atomic mass is 9.77. The van der Waals surface area contributed by atoms with Crippen molar-refractivity contribution in [1.29, 1.82) is 0 Å². The van der Waals surface area contributed by atoms with Crippen LogP contribution in [-0.4, -0.2) is 11.2 Å². The summed E-state index contributed by atoms with van der Waals surface area (Å²) in [5.74, 6) is 0.443. The number of nitrogens with one attached hydrogen (secondary N) is 1. The molecule has 3 atom stereocenters. The number of hydrogen-bond donors (Lipinski definition) is 1. The number of fused-ring (bicyclic) bond motifs is 6. The Morgan fingerprint density at radius 3 is 2.79 bits per heavy atom. The Bertz CT molecular complexity index is 1240. The molecule has 0 bridgehead atoms. The number of hydrogen-bond acceptors (Lipinski definition) is 2. The molecule has 4 heteroatoms. The van der Waals surface area contributed by atoms with Crippen LogP contribution in [-0.2, 0) is 11.8 Å². The molecule has 0 spiro atoms. The average molecular weight is 447 g/mol. The molecule has 2 aliphatic rings. The number of rotatable bonds is 1. The van der Waals surface area contributed by atoms with Gasteiger partial charge in [-0.1, -0.05) is 40.2 Å². The predicted molar refractivity (Wildman–Crippen MR) is 122 cm³/mol. The molecule has 1 fully saturated rings. The fourth-order valence-electron chi connectivity index (χ4n) is 5.35. The Morgan fingerprint density at radius 1 is 1.00 bits per heavy atom. The summed E-state index contributed by atoms with van der Waals surface area (Å²) in [6, 6.07) is 22.4. The summed E-state index contributed by atoms with van der Waals surface area (Å²) < 4.78 is 9.72. The van der Waals surface area contributed by atoms with Crippen molar-refractivity contribution >= 4 is 43.4 Å². The minimum Gasteiger partial charge on any atom is -0.378 e. The molecule has 0 amide bonds. The second-order valence-electron chi connectivity index (χ2n) is 8.30. The lowest BCUT2D eigenvalue weighted by Crippen LogP contribution is -2.36. The summed E-state index contributed by atoms with van der Waals surface area (Å²) in [4.78, 5) is 0. The molecule has 1 aromatic heterocycles. The van der Waals surface area contributed by atoms with Gasteiger partial charge in [0, 0.05) is 57.1 Å². The van der Waals surface area contributed by atoms with E-state index in [4.69, 9.17) is 4.74 Å². The topological polar surface area (TPSA) is 26.2 Å². The molecule has 3 heterocycles. The van der Waals surface area contributed by atoms with Crippen molar-refractivity contribution in [1.82, 2.24) is 4.57 Å². The van der Waals surface area contributed by atoms with E-state index in [0.29, 0.717) is 5.92 Å². The van der Waals surface area contributed by atoms with Crippen LogP contribution in [0.1, 0.15) is 36.1 Å². The second kappa shape index (κ2) is 6.61. The Morgan fingerprint density at radius 2 is 1.86 bits per heavy atom. The van der Waals surface area contributed by atoms with E-state index in [1.54, 1.807) is 0 Å². The van der Waals surface area contributed by atoms with E-state index >= 15 is 0 Å². The molecule has 3 aromatic carbocycles. The second-order valence-corrected chi connectivity index (χ2v) is 9.22. The number of anilines is 1. The molecule has 29 heavy (non-hydrogen) atoms. The molecule has 2 aliphatic heterocycles. The number of para-hydroxylation sites is 1. The molecule has 3 nitrogen and oxygen atoms in total. The average Bonchev–Trinajstić information content (AvgIpc) is 3.05. The molecule has 1 saturated heterocycles. The lowest BCUT2D eigenvalue weighted by molar-refractivity contribution is -0.0381. The van der Waals surface area contributed by atoms with Crippen molar-refractivity contribution in [2.45, 2.75) is 25.0 Å². The fraction of sp³-hybridized carbons (Fsp3) is 0.280. The van der Waals surface area contributed by atoms with Gasteiger partial charge in [0.25, 0.3) is 0 Å². The van der Waals surface area contributed by atoms with E-state index in [2.05, 4.69) is 93.5 Å². The van der Waals surface area contributed by atoms with Gasteiger partial charge >= 0.3 is 0 Å². The minimum absolute atomic E-state index is 0.158. The minimum atomic E-state index is 0.158. The number of benzene rings is 3. The van der Waals surface area contributed by atoms with Gasteiger partial charge in [-0.15, -0.1) is 0 Å². The summed E-state index contributed by atoms with van der Waals surface area (Å²) >= 11 is 3.63. The SMILES string of the molecule is Cn1c2ccccc2c2cc([C@H]3Nc4ccc(Br)cc4[C@@H]4OCCC[C@H]34)ccc21. The molecule has 1 N–H and O–H groups in total. The van der Waals surface area contributed by atoms with Crippen LogP contribution in [0.3, 0.4) is 0 Å². The maximum atomic E-state index is 6.31. The monoisotopic (exact) mass is 446 g/mol. The molecule has 4 aromatic rings. The zero-order chi connectivity index (χ0) is 19.5. The highest BCUT2D eigenvalue weighted by atomic mass is 79.9. The van der Waals surface area contributed by atoms with Gasteiger partial charge in [0.2, 0.25) is 0 Å². The van der Waals surface area contributed by atoms with E-state index in [9.17, 15) is 0 Å². The van der Waals surface area contributed by atoms with Crippen molar-refractivity contribution in [2.24, 2.45) is 13.0 Å². The van der Waals surface area contributed by atoms with Crippen LogP contribution in [0.25, 0.3) is 21.8 Å². The maximum absolute atomic E-state index is 6.31. The van der Waals surface area contributed by atoms with Crippen LogP contribution in [0.2, 0.25) is 0 Å². The Kier molecular flexibility index (Phi) is 4.00. The summed E-state index contributed by atoms with van der Waals surface area (Å²) in [5, 5.41) is 6.51. The van der Waals surface area contributed by atoms with Crippen LogP contribution in [0.15, 0.2) is 65.1 Å². The van der Waals surface area contributed by atoms with E-state index in [0.717, 1.165) is 17.5 Å². The van der Waals surface area contributed by atoms with Gasteiger partial charge in [0.15, 0.2) is 0 Å². The Hall–Kier alpha value is -2.30. The molecule has 146 valence electrons. The zero-order valence-electron chi connectivity index (χ0n) is 16.4. The van der Waals surface area contributed by atoms with Gasteiger partial charge in [-0.3, -0.25) is 0 Å². The summed E-state index contributed by atoms with van der Waals surface area (Å²) in [5.41, 5.74) is 6.39.